The molecule has 3 aliphatic heterocycles. The number of amides is 2. The number of aromatic hydroxyl groups is 1. The van der Waals surface area contributed by atoms with Gasteiger partial charge in [0, 0.05) is 26.4 Å². The molecule has 3 saturated heterocycles. The Labute approximate surface area is 290 Å². The third-order valence-corrected chi connectivity index (χ3v) is 10.3. The quantitative estimate of drug-likeness (QED) is 0.243. The van der Waals surface area contributed by atoms with Crippen LogP contribution in [0.15, 0.2) is 84.9 Å². The van der Waals surface area contributed by atoms with Gasteiger partial charge in [0.15, 0.2) is 6.04 Å². The van der Waals surface area contributed by atoms with Gasteiger partial charge in [-0.05, 0) is 34.7 Å². The molecule has 4 fully saturated rings. The number of fused-ring (bicyclic) bond motifs is 4. The van der Waals surface area contributed by atoms with E-state index in [2.05, 4.69) is 5.32 Å². The lowest BCUT2D eigenvalue weighted by Gasteiger charge is -2.50. The molecule has 12 heteroatoms. The summed E-state index contributed by atoms with van der Waals surface area (Å²) in [5.74, 6) is -1.23. The zero-order valence-corrected chi connectivity index (χ0v) is 27.7. The van der Waals surface area contributed by atoms with Crippen LogP contribution in [0.4, 0.5) is 0 Å². The van der Waals surface area contributed by atoms with Crippen molar-refractivity contribution in [2.45, 2.75) is 62.3 Å². The molecular formula is C38H41N3O9. The number of hydroxylamine groups is 2. The molecule has 0 radical (unpaired) electrons. The molecule has 12 nitrogen and oxygen atoms in total. The number of aliphatic hydroxyl groups excluding tert-OH is 1. The average molecular weight is 684 g/mol. The molecule has 4 aliphatic rings. The van der Waals surface area contributed by atoms with Crippen LogP contribution in [-0.4, -0.2) is 101 Å². The monoisotopic (exact) mass is 683 g/mol. The van der Waals surface area contributed by atoms with Gasteiger partial charge >= 0.3 is 5.97 Å². The maximum absolute atomic E-state index is 15.1. The summed E-state index contributed by atoms with van der Waals surface area (Å²) < 4.78 is 17.8. The number of phenols is 1. The van der Waals surface area contributed by atoms with Crippen molar-refractivity contribution in [3.63, 3.8) is 0 Å². The number of para-hydroxylation sites is 1. The molecule has 2 bridgehead atoms. The first kappa shape index (κ1) is 33.9. The maximum atomic E-state index is 15.1. The van der Waals surface area contributed by atoms with Crippen molar-refractivity contribution in [2.75, 3.05) is 27.0 Å². The van der Waals surface area contributed by atoms with Crippen LogP contribution in [0, 0.1) is 5.41 Å². The second kappa shape index (κ2) is 14.3. The largest absolute Gasteiger partial charge is 0.508 e. The van der Waals surface area contributed by atoms with Crippen LogP contribution < -0.4 is 5.32 Å². The number of rotatable bonds is 12. The number of ether oxygens (including phenoxy) is 3. The number of nitrogens with zero attached hydrogens (tertiary/aromatic N) is 2. The van der Waals surface area contributed by atoms with E-state index in [1.54, 1.807) is 19.2 Å². The fourth-order valence-corrected chi connectivity index (χ4v) is 7.83. The smallest absolute Gasteiger partial charge is 0.327 e. The van der Waals surface area contributed by atoms with Crippen LogP contribution >= 0.6 is 0 Å². The average Bonchev–Trinajstić information content (AvgIpc) is 3.76. The SMILES string of the molecule is CN(C(=O)C12CC3OC(=O)C1N(Cc1ccccc1C=CCc1ccccc1O)OC2C1OCOC31)C(Cc1ccccc1)C(=O)NCCO. The highest BCUT2D eigenvalue weighted by Crippen LogP contribution is 2.56. The summed E-state index contributed by atoms with van der Waals surface area (Å²) in [5.41, 5.74) is 1.92. The molecular weight excluding hydrogens is 642 g/mol. The molecule has 1 saturated carbocycles. The van der Waals surface area contributed by atoms with Crippen molar-refractivity contribution in [3.05, 3.63) is 107 Å². The minimum Gasteiger partial charge on any atom is -0.508 e. The highest BCUT2D eigenvalue weighted by atomic mass is 16.8. The number of phenolic OH excluding ortho intramolecular Hbond substituents is 1. The van der Waals surface area contributed by atoms with E-state index in [-0.39, 0.29) is 45.1 Å². The maximum Gasteiger partial charge on any atom is 0.327 e. The van der Waals surface area contributed by atoms with Crippen LogP contribution in [0.2, 0.25) is 0 Å². The lowest BCUT2D eigenvalue weighted by Crippen LogP contribution is -2.70. The molecule has 262 valence electrons. The van der Waals surface area contributed by atoms with Crippen molar-refractivity contribution in [3.8, 4) is 5.75 Å². The summed E-state index contributed by atoms with van der Waals surface area (Å²) in [6.45, 7) is -0.0982. The van der Waals surface area contributed by atoms with Crippen LogP contribution in [0.25, 0.3) is 6.08 Å². The Morgan fingerprint density at radius 1 is 1.02 bits per heavy atom. The molecule has 0 spiro atoms. The second-order valence-corrected chi connectivity index (χ2v) is 13.2. The molecule has 7 unspecified atom stereocenters. The minimum atomic E-state index is -1.44. The number of hydrogen-bond donors (Lipinski definition) is 3. The van der Waals surface area contributed by atoms with Gasteiger partial charge in [-0.2, -0.15) is 5.06 Å². The van der Waals surface area contributed by atoms with Gasteiger partial charge in [-0.15, -0.1) is 0 Å². The van der Waals surface area contributed by atoms with Gasteiger partial charge in [0.25, 0.3) is 0 Å². The van der Waals surface area contributed by atoms with Gasteiger partial charge < -0.3 is 34.6 Å². The standard InChI is InChI=1S/C38H41N3O9/c1-40(28(35(44)39-18-19-42)20-24-10-3-2-4-11-24)37(46)38-21-30-31-32(48-23-47-31)34(38)50-41(33(38)36(45)49-30)22-27-14-6-5-12-25(27)15-9-16-26-13-7-8-17-29(26)43/h2-15,17,28,30-34,42-43H,16,18-23H2,1H3,(H,39,44). The van der Waals surface area contributed by atoms with Crippen LogP contribution in [0.5, 0.6) is 5.75 Å². The highest BCUT2D eigenvalue weighted by Gasteiger charge is 2.75. The Hall–Kier alpha value is -4.59. The van der Waals surface area contributed by atoms with Gasteiger partial charge in [-0.1, -0.05) is 84.9 Å². The van der Waals surface area contributed by atoms with Crippen molar-refractivity contribution >= 4 is 23.9 Å². The topological polar surface area (TPSA) is 147 Å². The van der Waals surface area contributed by atoms with E-state index in [1.807, 2.05) is 78.9 Å². The van der Waals surface area contributed by atoms with Crippen LogP contribution in [0.3, 0.4) is 0 Å². The van der Waals surface area contributed by atoms with E-state index in [4.69, 9.17) is 19.0 Å². The Bertz CT molecular complexity index is 1750. The molecule has 50 heavy (non-hydrogen) atoms. The molecule has 2 amide bonds. The van der Waals surface area contributed by atoms with Gasteiger partial charge in [-0.3, -0.25) is 19.2 Å². The Morgan fingerprint density at radius 3 is 2.52 bits per heavy atom. The van der Waals surface area contributed by atoms with E-state index in [1.165, 1.54) is 9.96 Å². The second-order valence-electron chi connectivity index (χ2n) is 13.2. The van der Waals surface area contributed by atoms with Crippen molar-refractivity contribution < 1.29 is 43.6 Å². The third kappa shape index (κ3) is 6.18. The summed E-state index contributed by atoms with van der Waals surface area (Å²) in [5, 5.41) is 23.9. The van der Waals surface area contributed by atoms with E-state index in [9.17, 15) is 19.8 Å². The number of hydrogen-bond acceptors (Lipinski definition) is 10. The highest BCUT2D eigenvalue weighted by molar-refractivity contribution is 5.96. The fourth-order valence-electron chi connectivity index (χ4n) is 7.83. The first-order valence-electron chi connectivity index (χ1n) is 16.9. The molecule has 3 aromatic carbocycles. The molecule has 0 aromatic heterocycles. The first-order valence-corrected chi connectivity index (χ1v) is 16.9. The zero-order valence-electron chi connectivity index (χ0n) is 27.7. The summed E-state index contributed by atoms with van der Waals surface area (Å²) in [6, 6.07) is 22.2. The van der Waals surface area contributed by atoms with Gasteiger partial charge in [0.1, 0.15) is 48.4 Å². The summed E-state index contributed by atoms with van der Waals surface area (Å²) in [7, 11) is 1.57. The lowest BCUT2D eigenvalue weighted by atomic mass is 9.62. The predicted octanol–water partition coefficient (Wildman–Crippen LogP) is 2.37. The minimum absolute atomic E-state index is 0.0290. The van der Waals surface area contributed by atoms with E-state index < -0.39 is 59.7 Å². The number of aliphatic hydroxyl groups is 1. The Kier molecular flexibility index (Phi) is 9.71. The molecule has 3 aromatic rings. The number of carbonyl (C=O) groups is 3. The molecule has 1 aliphatic carbocycles. The lowest BCUT2D eigenvalue weighted by molar-refractivity contribution is -0.204. The molecule has 7 rings (SSSR count). The van der Waals surface area contributed by atoms with Gasteiger partial charge in [-0.25, -0.2) is 0 Å². The predicted molar refractivity (Wildman–Crippen MR) is 180 cm³/mol. The van der Waals surface area contributed by atoms with Crippen molar-refractivity contribution in [1.29, 1.82) is 0 Å². The van der Waals surface area contributed by atoms with E-state index >= 15 is 4.79 Å². The Morgan fingerprint density at radius 2 is 1.74 bits per heavy atom. The number of allylic oxidation sites excluding steroid dienone is 1. The third-order valence-electron chi connectivity index (χ3n) is 10.3. The summed E-state index contributed by atoms with van der Waals surface area (Å²) in [4.78, 5) is 50.7. The van der Waals surface area contributed by atoms with Crippen molar-refractivity contribution in [2.24, 2.45) is 5.41 Å². The number of likely N-dealkylation sites (N-methyl/N-ethyl adjacent to an activating group) is 1. The Balaban J connectivity index is 1.21. The first-order chi connectivity index (χ1) is 24.3. The molecule has 3 heterocycles. The fraction of sp³-hybridized carbons (Fsp3) is 0.395. The molecule has 3 N–H and O–H groups in total. The summed E-state index contributed by atoms with van der Waals surface area (Å²) in [6.07, 6.45) is 1.88. The van der Waals surface area contributed by atoms with Crippen LogP contribution in [0.1, 0.15) is 28.7 Å². The van der Waals surface area contributed by atoms with Crippen molar-refractivity contribution in [1.82, 2.24) is 15.3 Å². The number of benzene rings is 3. The number of nitrogens with one attached hydrogen (secondary N) is 1. The van der Waals surface area contributed by atoms with Gasteiger partial charge in [0.2, 0.25) is 11.8 Å². The number of carbonyl (C=O) groups excluding carboxylic acids is 3. The van der Waals surface area contributed by atoms with Gasteiger partial charge in [0.05, 0.1) is 13.2 Å². The summed E-state index contributed by atoms with van der Waals surface area (Å²) >= 11 is 0. The molecule has 7 atom stereocenters. The van der Waals surface area contributed by atoms with E-state index in [0.717, 1.165) is 22.3 Å². The number of esters is 1. The zero-order chi connectivity index (χ0) is 34.8. The van der Waals surface area contributed by atoms with Crippen LogP contribution in [-0.2, 0) is 52.8 Å². The normalized spacial score (nSPS) is 27.5. The van der Waals surface area contributed by atoms with E-state index in [0.29, 0.717) is 6.42 Å².